The molecule has 6 nitrogen and oxygen atoms in total. The Kier molecular flexibility index (Phi) is 3.65. The van der Waals surface area contributed by atoms with Crippen molar-refractivity contribution < 1.29 is 4.79 Å². The topological polar surface area (TPSA) is 62.2 Å². The van der Waals surface area contributed by atoms with Crippen molar-refractivity contribution in [1.29, 1.82) is 0 Å². The zero-order valence-corrected chi connectivity index (χ0v) is 9.91. The molecule has 1 aromatic heterocycles. The van der Waals surface area contributed by atoms with Crippen LogP contribution in [0.5, 0.6) is 0 Å². The van der Waals surface area contributed by atoms with Gasteiger partial charge < -0.3 is 4.90 Å². The predicted molar refractivity (Wildman–Crippen MR) is 58.8 cm³/mol. The summed E-state index contributed by atoms with van der Waals surface area (Å²) in [4.78, 5) is 25.2. The highest BCUT2D eigenvalue weighted by Crippen LogP contribution is 2.15. The van der Waals surface area contributed by atoms with Gasteiger partial charge in [-0.2, -0.15) is 15.0 Å². The summed E-state index contributed by atoms with van der Waals surface area (Å²) in [6.07, 6.45) is 0. The van der Waals surface area contributed by atoms with E-state index in [-0.39, 0.29) is 11.2 Å². The van der Waals surface area contributed by atoms with Crippen molar-refractivity contribution in [1.82, 2.24) is 15.0 Å². The zero-order valence-electron chi connectivity index (χ0n) is 8.40. The highest BCUT2D eigenvalue weighted by molar-refractivity contribution is 6.66. The van der Waals surface area contributed by atoms with Crippen molar-refractivity contribution in [2.24, 2.45) is 0 Å². The first-order valence-electron chi connectivity index (χ1n) is 3.94. The van der Waals surface area contributed by atoms with Gasteiger partial charge in [-0.25, -0.2) is 0 Å². The van der Waals surface area contributed by atoms with E-state index in [2.05, 4.69) is 15.0 Å². The summed E-state index contributed by atoms with van der Waals surface area (Å²) in [6.45, 7) is 0. The first-order chi connectivity index (χ1) is 6.91. The number of rotatable bonds is 2. The molecule has 0 saturated heterocycles. The molecule has 15 heavy (non-hydrogen) atoms. The Hall–Kier alpha value is -1.14. The Morgan fingerprint density at radius 3 is 2.13 bits per heavy atom. The zero-order chi connectivity index (χ0) is 11.6. The lowest BCUT2D eigenvalue weighted by atomic mass is 10.7. The number of hydrogen-bond donors (Lipinski definition) is 0. The quantitative estimate of drug-likeness (QED) is 0.586. The van der Waals surface area contributed by atoms with E-state index in [1.54, 1.807) is 19.0 Å². The minimum absolute atomic E-state index is 0.00784. The lowest BCUT2D eigenvalue weighted by Gasteiger charge is -2.14. The van der Waals surface area contributed by atoms with Gasteiger partial charge in [-0.05, 0) is 23.2 Å². The van der Waals surface area contributed by atoms with Gasteiger partial charge in [-0.15, -0.1) is 0 Å². The first-order valence-corrected chi connectivity index (χ1v) is 4.69. The lowest BCUT2D eigenvalue weighted by molar-refractivity contribution is 0.265. The molecule has 8 heteroatoms. The summed E-state index contributed by atoms with van der Waals surface area (Å²) in [5.41, 5.74) is 0. The van der Waals surface area contributed by atoms with E-state index in [1.165, 1.54) is 7.05 Å². The Morgan fingerprint density at radius 1 is 1.13 bits per heavy atom. The molecule has 0 unspecified atom stereocenters. The molecule has 0 fully saturated rings. The van der Waals surface area contributed by atoms with Crippen molar-refractivity contribution in [2.45, 2.75) is 0 Å². The third-order valence-corrected chi connectivity index (χ3v) is 1.97. The highest BCUT2D eigenvalue weighted by atomic mass is 35.5. The minimum atomic E-state index is -0.693. The van der Waals surface area contributed by atoms with Crippen LogP contribution in [0.2, 0.25) is 5.28 Å². The fraction of sp³-hybridized carbons (Fsp3) is 0.429. The molecule has 0 N–H and O–H groups in total. The summed E-state index contributed by atoms with van der Waals surface area (Å²) >= 11 is 10.9. The second kappa shape index (κ2) is 4.59. The van der Waals surface area contributed by atoms with Gasteiger partial charge in [-0.3, -0.25) is 9.69 Å². The number of carbonyl (C=O) groups is 1. The van der Waals surface area contributed by atoms with Crippen molar-refractivity contribution in [3.63, 3.8) is 0 Å². The van der Waals surface area contributed by atoms with Crippen LogP contribution >= 0.6 is 23.2 Å². The lowest BCUT2D eigenvalue weighted by Crippen LogP contribution is -2.24. The van der Waals surface area contributed by atoms with Gasteiger partial charge in [0.25, 0.3) is 0 Å². The van der Waals surface area contributed by atoms with E-state index in [0.29, 0.717) is 5.95 Å². The van der Waals surface area contributed by atoms with Crippen LogP contribution in [0, 0.1) is 0 Å². The van der Waals surface area contributed by atoms with Crippen LogP contribution in [-0.4, -0.2) is 41.5 Å². The molecule has 1 aromatic rings. The Balaban J connectivity index is 3.14. The molecule has 0 spiro atoms. The third-order valence-electron chi connectivity index (χ3n) is 1.55. The molecule has 0 saturated carbocycles. The maximum atomic E-state index is 10.9. The first kappa shape index (κ1) is 11.9. The van der Waals surface area contributed by atoms with Crippen LogP contribution in [0.1, 0.15) is 0 Å². The number of hydrogen-bond acceptors (Lipinski definition) is 5. The number of halogens is 2. The van der Waals surface area contributed by atoms with Gasteiger partial charge in [0.1, 0.15) is 0 Å². The summed E-state index contributed by atoms with van der Waals surface area (Å²) in [7, 11) is 4.94. The Bertz CT molecular complexity index is 384. The monoisotopic (exact) mass is 249 g/mol. The average Bonchev–Trinajstić information content (AvgIpc) is 2.15. The van der Waals surface area contributed by atoms with Gasteiger partial charge in [0.2, 0.25) is 17.2 Å². The van der Waals surface area contributed by atoms with E-state index < -0.39 is 5.37 Å². The van der Waals surface area contributed by atoms with Gasteiger partial charge >= 0.3 is 5.37 Å². The number of amides is 1. The SMILES string of the molecule is CN(C)c1nc(Cl)nc(N(C)C(=O)Cl)n1. The fourth-order valence-corrected chi connectivity index (χ4v) is 0.985. The Morgan fingerprint density at radius 2 is 1.67 bits per heavy atom. The van der Waals surface area contributed by atoms with E-state index in [1.807, 2.05) is 0 Å². The maximum Gasteiger partial charge on any atom is 0.322 e. The number of nitrogens with zero attached hydrogens (tertiary/aromatic N) is 5. The molecule has 0 aromatic carbocycles. The van der Waals surface area contributed by atoms with Crippen LogP contribution in [0.15, 0.2) is 0 Å². The van der Waals surface area contributed by atoms with Gasteiger partial charge in [0.05, 0.1) is 0 Å². The van der Waals surface area contributed by atoms with Crippen molar-refractivity contribution in [2.75, 3.05) is 30.9 Å². The van der Waals surface area contributed by atoms with E-state index in [9.17, 15) is 4.79 Å². The number of carbonyl (C=O) groups excluding carboxylic acids is 1. The van der Waals surface area contributed by atoms with Crippen LogP contribution in [0.25, 0.3) is 0 Å². The van der Waals surface area contributed by atoms with Gasteiger partial charge in [0.15, 0.2) is 0 Å². The summed E-state index contributed by atoms with van der Waals surface area (Å²) in [5, 5.41) is -0.685. The van der Waals surface area contributed by atoms with Crippen LogP contribution < -0.4 is 9.80 Å². The van der Waals surface area contributed by atoms with E-state index >= 15 is 0 Å². The van der Waals surface area contributed by atoms with Crippen molar-refractivity contribution in [3.8, 4) is 0 Å². The number of anilines is 2. The van der Waals surface area contributed by atoms with E-state index in [0.717, 1.165) is 4.90 Å². The van der Waals surface area contributed by atoms with Gasteiger partial charge in [0, 0.05) is 21.1 Å². The largest absolute Gasteiger partial charge is 0.347 e. The van der Waals surface area contributed by atoms with Crippen LogP contribution in [0.3, 0.4) is 0 Å². The normalized spacial score (nSPS) is 9.93. The fourth-order valence-electron chi connectivity index (χ4n) is 0.758. The summed E-state index contributed by atoms with van der Waals surface area (Å²) in [5.74, 6) is 0.466. The third kappa shape index (κ3) is 2.90. The molecule has 82 valence electrons. The minimum Gasteiger partial charge on any atom is -0.347 e. The van der Waals surface area contributed by atoms with Crippen LogP contribution in [0.4, 0.5) is 16.7 Å². The molecule has 1 amide bonds. The average molecular weight is 250 g/mol. The second-order valence-electron chi connectivity index (χ2n) is 2.91. The maximum absolute atomic E-state index is 10.9. The molecule has 0 bridgehead atoms. The molecule has 0 radical (unpaired) electrons. The van der Waals surface area contributed by atoms with E-state index in [4.69, 9.17) is 23.2 Å². The standard InChI is InChI=1S/C7H9Cl2N5O/c1-13(2)6-10-4(8)11-7(12-6)14(3)5(9)15/h1-3H3. The molecule has 1 rings (SSSR count). The molecule has 0 atom stereocenters. The summed E-state index contributed by atoms with van der Waals surface area (Å²) < 4.78 is 0. The molecule has 0 aliphatic carbocycles. The molecule has 0 aliphatic heterocycles. The van der Waals surface area contributed by atoms with Gasteiger partial charge in [-0.1, -0.05) is 0 Å². The van der Waals surface area contributed by atoms with Crippen LogP contribution in [-0.2, 0) is 0 Å². The highest BCUT2D eigenvalue weighted by Gasteiger charge is 2.14. The smallest absolute Gasteiger partial charge is 0.322 e. The summed E-state index contributed by atoms with van der Waals surface area (Å²) in [6, 6.07) is 0. The second-order valence-corrected chi connectivity index (χ2v) is 3.57. The molecular formula is C7H9Cl2N5O. The van der Waals surface area contributed by atoms with Crippen molar-refractivity contribution in [3.05, 3.63) is 5.28 Å². The number of aromatic nitrogens is 3. The molecule has 0 aliphatic rings. The molecular weight excluding hydrogens is 241 g/mol. The Labute approximate surface area is 96.8 Å². The molecule has 1 heterocycles. The predicted octanol–water partition coefficient (Wildman–Crippen LogP) is 1.39. The van der Waals surface area contributed by atoms with Crippen molar-refractivity contribution >= 4 is 40.5 Å².